The highest BCUT2D eigenvalue weighted by atomic mass is 16.5. The maximum absolute atomic E-state index is 5.57. The number of benzene rings is 1. The van der Waals surface area contributed by atoms with Crippen LogP contribution < -0.4 is 10.5 Å². The van der Waals surface area contributed by atoms with Crippen molar-refractivity contribution in [3.63, 3.8) is 0 Å². The van der Waals surface area contributed by atoms with Gasteiger partial charge in [0.05, 0.1) is 7.11 Å². The van der Waals surface area contributed by atoms with Gasteiger partial charge >= 0.3 is 0 Å². The third-order valence-corrected chi connectivity index (χ3v) is 2.17. The van der Waals surface area contributed by atoms with E-state index >= 15 is 0 Å². The summed E-state index contributed by atoms with van der Waals surface area (Å²) in [6, 6.07) is 7.76. The predicted molar refractivity (Wildman–Crippen MR) is 55.5 cm³/mol. The Bertz CT molecular complexity index is 434. The van der Waals surface area contributed by atoms with Gasteiger partial charge in [-0.15, -0.1) is 0 Å². The van der Waals surface area contributed by atoms with E-state index in [0.29, 0.717) is 6.54 Å². The highest BCUT2D eigenvalue weighted by Crippen LogP contribution is 2.24. The van der Waals surface area contributed by atoms with Crippen LogP contribution in [0.5, 0.6) is 5.75 Å². The Kier molecular flexibility index (Phi) is 2.41. The molecule has 74 valence electrons. The summed E-state index contributed by atoms with van der Waals surface area (Å²) in [6.07, 6.45) is 0.775. The first kappa shape index (κ1) is 9.09. The molecule has 0 aliphatic heterocycles. The second kappa shape index (κ2) is 3.72. The van der Waals surface area contributed by atoms with Gasteiger partial charge < -0.3 is 14.9 Å². The van der Waals surface area contributed by atoms with Crippen molar-refractivity contribution in [1.82, 2.24) is 0 Å². The Morgan fingerprint density at radius 2 is 2.21 bits per heavy atom. The summed E-state index contributed by atoms with van der Waals surface area (Å²) in [4.78, 5) is 0. The number of hydrogen-bond acceptors (Lipinski definition) is 3. The lowest BCUT2D eigenvalue weighted by Gasteiger charge is -1.96. The molecule has 0 radical (unpaired) electrons. The second-order valence-corrected chi connectivity index (χ2v) is 3.16. The molecule has 0 aliphatic carbocycles. The molecule has 0 saturated heterocycles. The minimum atomic E-state index is 0.608. The number of furan rings is 1. The number of methoxy groups -OCH3 is 1. The van der Waals surface area contributed by atoms with Crippen LogP contribution in [0.25, 0.3) is 11.0 Å². The number of hydrogen-bond donors (Lipinski definition) is 1. The molecule has 0 aliphatic rings. The Morgan fingerprint density at radius 1 is 1.36 bits per heavy atom. The smallest absolute Gasteiger partial charge is 0.134 e. The van der Waals surface area contributed by atoms with Crippen molar-refractivity contribution in [3.05, 3.63) is 30.0 Å². The molecule has 0 unspecified atom stereocenters. The predicted octanol–water partition coefficient (Wildman–Crippen LogP) is 1.94. The average molecular weight is 191 g/mol. The number of nitrogens with two attached hydrogens (primary N) is 1. The fourth-order valence-electron chi connectivity index (χ4n) is 1.47. The summed E-state index contributed by atoms with van der Waals surface area (Å²) >= 11 is 0. The zero-order valence-corrected chi connectivity index (χ0v) is 8.12. The van der Waals surface area contributed by atoms with Crippen molar-refractivity contribution in [2.24, 2.45) is 5.73 Å². The van der Waals surface area contributed by atoms with Crippen LogP contribution in [0.4, 0.5) is 0 Å². The molecule has 3 nitrogen and oxygen atoms in total. The maximum Gasteiger partial charge on any atom is 0.134 e. The van der Waals surface area contributed by atoms with Crippen LogP contribution in [0.3, 0.4) is 0 Å². The van der Waals surface area contributed by atoms with Crippen molar-refractivity contribution in [2.45, 2.75) is 6.42 Å². The van der Waals surface area contributed by atoms with Crippen LogP contribution in [-0.4, -0.2) is 13.7 Å². The second-order valence-electron chi connectivity index (χ2n) is 3.16. The number of ether oxygens (including phenoxy) is 1. The SMILES string of the molecule is COc1ccc2oc(CCN)cc2c1. The van der Waals surface area contributed by atoms with Crippen molar-refractivity contribution >= 4 is 11.0 Å². The monoisotopic (exact) mass is 191 g/mol. The highest BCUT2D eigenvalue weighted by molar-refractivity contribution is 5.79. The molecule has 2 rings (SSSR count). The van der Waals surface area contributed by atoms with Crippen LogP contribution >= 0.6 is 0 Å². The molecule has 1 aromatic heterocycles. The minimum absolute atomic E-state index is 0.608. The standard InChI is InChI=1S/C11H13NO2/c1-13-9-2-3-11-8(6-9)7-10(14-11)4-5-12/h2-3,6-7H,4-5,12H2,1H3. The lowest BCUT2D eigenvalue weighted by Crippen LogP contribution is -2.01. The highest BCUT2D eigenvalue weighted by Gasteiger charge is 2.03. The quantitative estimate of drug-likeness (QED) is 0.806. The van der Waals surface area contributed by atoms with Gasteiger partial charge in [-0.3, -0.25) is 0 Å². The van der Waals surface area contributed by atoms with Gasteiger partial charge in [-0.05, 0) is 30.8 Å². The van der Waals surface area contributed by atoms with Gasteiger partial charge in [0.25, 0.3) is 0 Å². The van der Waals surface area contributed by atoms with Crippen molar-refractivity contribution in [3.8, 4) is 5.75 Å². The van der Waals surface area contributed by atoms with E-state index in [1.54, 1.807) is 7.11 Å². The normalized spacial score (nSPS) is 10.7. The third-order valence-electron chi connectivity index (χ3n) is 2.17. The van der Waals surface area contributed by atoms with Gasteiger partial charge in [0, 0.05) is 11.8 Å². The van der Waals surface area contributed by atoms with Gasteiger partial charge in [-0.1, -0.05) is 0 Å². The van der Waals surface area contributed by atoms with Gasteiger partial charge in [0.15, 0.2) is 0 Å². The third kappa shape index (κ3) is 1.59. The fourth-order valence-corrected chi connectivity index (χ4v) is 1.47. The van der Waals surface area contributed by atoms with Gasteiger partial charge in [-0.25, -0.2) is 0 Å². The minimum Gasteiger partial charge on any atom is -0.497 e. The van der Waals surface area contributed by atoms with E-state index in [2.05, 4.69) is 0 Å². The van der Waals surface area contributed by atoms with Crippen molar-refractivity contribution < 1.29 is 9.15 Å². The maximum atomic E-state index is 5.57. The molecule has 0 bridgehead atoms. The molecule has 1 heterocycles. The molecule has 2 aromatic rings. The molecule has 3 heteroatoms. The Labute approximate surface area is 82.5 Å². The van der Waals surface area contributed by atoms with E-state index in [9.17, 15) is 0 Å². The van der Waals surface area contributed by atoms with E-state index in [1.165, 1.54) is 0 Å². The summed E-state index contributed by atoms with van der Waals surface area (Å²) in [7, 11) is 1.65. The van der Waals surface area contributed by atoms with E-state index in [0.717, 1.165) is 28.9 Å². The molecule has 0 atom stereocenters. The van der Waals surface area contributed by atoms with E-state index < -0.39 is 0 Å². The largest absolute Gasteiger partial charge is 0.497 e. The van der Waals surface area contributed by atoms with E-state index in [4.69, 9.17) is 14.9 Å². The van der Waals surface area contributed by atoms with E-state index in [1.807, 2.05) is 24.3 Å². The van der Waals surface area contributed by atoms with Crippen molar-refractivity contribution in [1.29, 1.82) is 0 Å². The lowest BCUT2D eigenvalue weighted by molar-refractivity contribution is 0.415. The van der Waals surface area contributed by atoms with Crippen molar-refractivity contribution in [2.75, 3.05) is 13.7 Å². The first-order chi connectivity index (χ1) is 6.83. The van der Waals surface area contributed by atoms with Gasteiger partial charge in [0.1, 0.15) is 17.1 Å². The average Bonchev–Trinajstić information content (AvgIpc) is 2.59. The molecule has 0 fully saturated rings. The lowest BCUT2D eigenvalue weighted by atomic mass is 10.2. The van der Waals surface area contributed by atoms with Gasteiger partial charge in [0.2, 0.25) is 0 Å². The molecule has 0 spiro atoms. The topological polar surface area (TPSA) is 48.4 Å². The summed E-state index contributed by atoms with van der Waals surface area (Å²) < 4.78 is 10.7. The molecular formula is C11H13NO2. The molecule has 14 heavy (non-hydrogen) atoms. The molecule has 2 N–H and O–H groups in total. The van der Waals surface area contributed by atoms with Crippen LogP contribution in [0, 0.1) is 0 Å². The Balaban J connectivity index is 2.43. The number of rotatable bonds is 3. The molecular weight excluding hydrogens is 178 g/mol. The Hall–Kier alpha value is -1.48. The van der Waals surface area contributed by atoms with Crippen LogP contribution in [0.15, 0.2) is 28.7 Å². The fraction of sp³-hybridized carbons (Fsp3) is 0.273. The summed E-state index contributed by atoms with van der Waals surface area (Å²) in [5, 5.41) is 1.06. The summed E-state index contributed by atoms with van der Waals surface area (Å²) in [6.45, 7) is 0.608. The van der Waals surface area contributed by atoms with E-state index in [-0.39, 0.29) is 0 Å². The van der Waals surface area contributed by atoms with Gasteiger partial charge in [-0.2, -0.15) is 0 Å². The van der Waals surface area contributed by atoms with Crippen LogP contribution in [0.1, 0.15) is 5.76 Å². The molecule has 0 saturated carbocycles. The Morgan fingerprint density at radius 3 is 2.93 bits per heavy atom. The van der Waals surface area contributed by atoms with Crippen LogP contribution in [0.2, 0.25) is 0 Å². The van der Waals surface area contributed by atoms with Crippen LogP contribution in [-0.2, 0) is 6.42 Å². The number of fused-ring (bicyclic) bond motifs is 1. The molecule has 0 amide bonds. The molecule has 1 aromatic carbocycles. The summed E-state index contributed by atoms with van der Waals surface area (Å²) in [5.74, 6) is 1.77. The first-order valence-corrected chi connectivity index (χ1v) is 4.60. The zero-order chi connectivity index (χ0) is 9.97. The summed E-state index contributed by atoms with van der Waals surface area (Å²) in [5.41, 5.74) is 6.34. The zero-order valence-electron chi connectivity index (χ0n) is 8.12. The first-order valence-electron chi connectivity index (χ1n) is 4.60.